The number of hydrogen-bond donors (Lipinski definition) is 2. The number of hydrogen-bond acceptors (Lipinski definition) is 7. The Kier molecular flexibility index (Phi) is 3.30. The van der Waals surface area contributed by atoms with Gasteiger partial charge < -0.3 is 20.6 Å². The second kappa shape index (κ2) is 5.25. The predicted molar refractivity (Wildman–Crippen MR) is 72.7 cm³/mol. The molecule has 1 aromatic heterocycles. The summed E-state index contributed by atoms with van der Waals surface area (Å²) in [4.78, 5) is 6.38. The van der Waals surface area contributed by atoms with Crippen LogP contribution in [0.15, 0.2) is 29.4 Å². The van der Waals surface area contributed by atoms with Crippen LogP contribution in [0.1, 0.15) is 0 Å². The Bertz CT molecular complexity index is 647. The van der Waals surface area contributed by atoms with E-state index in [0.29, 0.717) is 25.6 Å². The van der Waals surface area contributed by atoms with Crippen LogP contribution in [0.4, 0.5) is 5.95 Å². The molecule has 1 saturated heterocycles. The third-order valence-corrected chi connectivity index (χ3v) is 3.14. The van der Waals surface area contributed by atoms with Gasteiger partial charge >= 0.3 is 0 Å². The van der Waals surface area contributed by atoms with E-state index in [1.54, 1.807) is 0 Å². The number of morpholine rings is 1. The molecule has 2 aromatic rings. The molecule has 0 saturated carbocycles. The third-order valence-electron chi connectivity index (χ3n) is 3.14. The molecule has 8 nitrogen and oxygen atoms in total. The van der Waals surface area contributed by atoms with Crippen molar-refractivity contribution in [2.24, 2.45) is 10.9 Å². The lowest BCUT2D eigenvalue weighted by molar-refractivity contribution is 0.0800. The number of ether oxygens (including phenoxy) is 1. The number of nitrogens with zero attached hydrogens (tertiary/aromatic N) is 5. The van der Waals surface area contributed by atoms with Crippen molar-refractivity contribution in [3.05, 3.63) is 24.3 Å². The summed E-state index contributed by atoms with van der Waals surface area (Å²) in [6, 6.07) is 7.54. The zero-order valence-corrected chi connectivity index (χ0v) is 10.7. The highest BCUT2D eigenvalue weighted by atomic mass is 16.5. The van der Waals surface area contributed by atoms with E-state index >= 15 is 0 Å². The molecule has 1 unspecified atom stereocenters. The highest BCUT2D eigenvalue weighted by Crippen LogP contribution is 2.15. The van der Waals surface area contributed by atoms with Crippen molar-refractivity contribution < 1.29 is 9.94 Å². The first-order chi connectivity index (χ1) is 9.78. The third kappa shape index (κ3) is 2.32. The smallest absolute Gasteiger partial charge is 0.246 e. The van der Waals surface area contributed by atoms with Crippen LogP contribution in [0.25, 0.3) is 11.0 Å². The van der Waals surface area contributed by atoms with Crippen LogP contribution in [-0.4, -0.2) is 52.0 Å². The van der Waals surface area contributed by atoms with Crippen molar-refractivity contribution in [3.8, 4) is 0 Å². The van der Waals surface area contributed by atoms with Crippen molar-refractivity contribution in [1.29, 1.82) is 0 Å². The molecule has 3 rings (SSSR count). The van der Waals surface area contributed by atoms with Gasteiger partial charge in [0.15, 0.2) is 5.84 Å². The quantitative estimate of drug-likeness (QED) is 0.342. The van der Waals surface area contributed by atoms with Gasteiger partial charge in [0.1, 0.15) is 11.6 Å². The molecule has 104 valence electrons. The van der Waals surface area contributed by atoms with Gasteiger partial charge in [-0.1, -0.05) is 17.3 Å². The summed E-state index contributed by atoms with van der Waals surface area (Å²) in [5.74, 6) is 0.561. The SMILES string of the molecule is N/C(=N/O)C1CN(c2nnc3ccccc3n2)CCO1. The van der Waals surface area contributed by atoms with E-state index < -0.39 is 6.10 Å². The Labute approximate surface area is 114 Å². The maximum absolute atomic E-state index is 8.71. The molecule has 0 bridgehead atoms. The lowest BCUT2D eigenvalue weighted by atomic mass is 10.2. The van der Waals surface area contributed by atoms with Gasteiger partial charge in [0.05, 0.1) is 18.7 Å². The zero-order valence-electron chi connectivity index (χ0n) is 10.7. The Morgan fingerprint density at radius 3 is 2.95 bits per heavy atom. The average molecular weight is 274 g/mol. The first kappa shape index (κ1) is 12.5. The Morgan fingerprint density at radius 2 is 2.15 bits per heavy atom. The van der Waals surface area contributed by atoms with E-state index in [0.717, 1.165) is 11.0 Å². The molecule has 2 heterocycles. The fourth-order valence-corrected chi connectivity index (χ4v) is 2.08. The second-order valence-corrected chi connectivity index (χ2v) is 4.43. The number of rotatable bonds is 2. The Balaban J connectivity index is 1.86. The molecule has 3 N–H and O–H groups in total. The van der Waals surface area contributed by atoms with Crippen molar-refractivity contribution in [1.82, 2.24) is 15.2 Å². The topological polar surface area (TPSA) is 110 Å². The van der Waals surface area contributed by atoms with Crippen LogP contribution >= 0.6 is 0 Å². The Hall–Kier alpha value is -2.48. The minimum absolute atomic E-state index is 0.0449. The zero-order chi connectivity index (χ0) is 13.9. The lowest BCUT2D eigenvalue weighted by Crippen LogP contribution is -2.49. The summed E-state index contributed by atoms with van der Waals surface area (Å²) < 4.78 is 5.44. The van der Waals surface area contributed by atoms with Gasteiger partial charge in [-0.25, -0.2) is 4.98 Å². The van der Waals surface area contributed by atoms with Crippen LogP contribution in [0.5, 0.6) is 0 Å². The number of fused-ring (bicyclic) bond motifs is 1. The molecular weight excluding hydrogens is 260 g/mol. The maximum Gasteiger partial charge on any atom is 0.246 e. The number of nitrogens with two attached hydrogens (primary N) is 1. The minimum Gasteiger partial charge on any atom is -0.409 e. The van der Waals surface area contributed by atoms with Crippen LogP contribution in [-0.2, 0) is 4.74 Å². The molecule has 1 aromatic carbocycles. The van der Waals surface area contributed by atoms with Crippen molar-refractivity contribution in [3.63, 3.8) is 0 Å². The van der Waals surface area contributed by atoms with Gasteiger partial charge in [0, 0.05) is 6.54 Å². The molecular formula is C12H14N6O2. The van der Waals surface area contributed by atoms with Gasteiger partial charge in [-0.15, -0.1) is 10.2 Å². The summed E-state index contributed by atoms with van der Waals surface area (Å²) >= 11 is 0. The fourth-order valence-electron chi connectivity index (χ4n) is 2.08. The van der Waals surface area contributed by atoms with Gasteiger partial charge in [-0.05, 0) is 12.1 Å². The molecule has 0 spiro atoms. The van der Waals surface area contributed by atoms with Crippen molar-refractivity contribution in [2.75, 3.05) is 24.6 Å². The van der Waals surface area contributed by atoms with Gasteiger partial charge in [-0.3, -0.25) is 0 Å². The molecule has 1 aliphatic rings. The van der Waals surface area contributed by atoms with E-state index in [9.17, 15) is 0 Å². The van der Waals surface area contributed by atoms with E-state index in [1.165, 1.54) is 0 Å². The molecule has 0 aliphatic carbocycles. The molecule has 1 fully saturated rings. The number of amidine groups is 1. The van der Waals surface area contributed by atoms with E-state index in [2.05, 4.69) is 20.3 Å². The number of para-hydroxylation sites is 1. The summed E-state index contributed by atoms with van der Waals surface area (Å²) in [7, 11) is 0. The summed E-state index contributed by atoms with van der Waals surface area (Å²) in [6.45, 7) is 1.52. The van der Waals surface area contributed by atoms with Crippen LogP contribution < -0.4 is 10.6 Å². The van der Waals surface area contributed by atoms with E-state index in [4.69, 9.17) is 15.7 Å². The number of anilines is 1. The molecule has 8 heteroatoms. The maximum atomic E-state index is 8.71. The predicted octanol–water partition coefficient (Wildman–Crippen LogP) is -0.0236. The molecule has 0 radical (unpaired) electrons. The molecule has 1 atom stereocenters. The number of benzene rings is 1. The lowest BCUT2D eigenvalue weighted by Gasteiger charge is -2.31. The monoisotopic (exact) mass is 274 g/mol. The first-order valence-corrected chi connectivity index (χ1v) is 6.21. The summed E-state index contributed by atoms with van der Waals surface area (Å²) in [5.41, 5.74) is 7.10. The van der Waals surface area contributed by atoms with E-state index in [-0.39, 0.29) is 5.84 Å². The highest BCUT2D eigenvalue weighted by Gasteiger charge is 2.25. The second-order valence-electron chi connectivity index (χ2n) is 4.43. The summed E-state index contributed by atoms with van der Waals surface area (Å²) in [6.07, 6.45) is -0.469. The normalized spacial score (nSPS) is 20.3. The summed E-state index contributed by atoms with van der Waals surface area (Å²) in [5, 5.41) is 19.9. The first-order valence-electron chi connectivity index (χ1n) is 6.21. The molecule has 1 aliphatic heterocycles. The molecule has 0 amide bonds. The van der Waals surface area contributed by atoms with E-state index in [1.807, 2.05) is 29.2 Å². The largest absolute Gasteiger partial charge is 0.409 e. The average Bonchev–Trinajstić information content (AvgIpc) is 2.53. The fraction of sp³-hybridized carbons (Fsp3) is 0.333. The standard InChI is InChI=1S/C12H14N6O2/c13-11(17-19)10-7-18(5-6-20-10)12-14-8-3-1-2-4-9(8)15-16-12/h1-4,10,19H,5-7H2,(H2,13,17). The minimum atomic E-state index is -0.469. The van der Waals surface area contributed by atoms with Crippen molar-refractivity contribution >= 4 is 22.8 Å². The van der Waals surface area contributed by atoms with Crippen LogP contribution in [0, 0.1) is 0 Å². The van der Waals surface area contributed by atoms with Gasteiger partial charge in [0.2, 0.25) is 5.95 Å². The van der Waals surface area contributed by atoms with Crippen LogP contribution in [0.3, 0.4) is 0 Å². The van der Waals surface area contributed by atoms with Gasteiger partial charge in [-0.2, -0.15) is 0 Å². The van der Waals surface area contributed by atoms with Crippen LogP contribution in [0.2, 0.25) is 0 Å². The Morgan fingerprint density at radius 1 is 1.35 bits per heavy atom. The number of aromatic nitrogens is 3. The van der Waals surface area contributed by atoms with Crippen molar-refractivity contribution in [2.45, 2.75) is 6.10 Å². The van der Waals surface area contributed by atoms with Gasteiger partial charge in [0.25, 0.3) is 0 Å². The number of oxime groups is 1. The molecule has 20 heavy (non-hydrogen) atoms. The highest BCUT2D eigenvalue weighted by molar-refractivity contribution is 5.85.